The van der Waals surface area contributed by atoms with Crippen molar-refractivity contribution >= 4 is 0 Å². The Kier molecular flexibility index (Phi) is 6.36. The van der Waals surface area contributed by atoms with E-state index >= 15 is 0 Å². The summed E-state index contributed by atoms with van der Waals surface area (Å²) >= 11 is 0. The standard InChI is InChI=1S/C14H27N3O/c1-11(2)14-13(10-17(5)16-14)9-15-7-6-8-18-12(3)4/h10-12,15H,6-9H2,1-5H3. The molecular weight excluding hydrogens is 226 g/mol. The van der Waals surface area contributed by atoms with Crippen molar-refractivity contribution in [2.24, 2.45) is 7.05 Å². The first-order chi connectivity index (χ1) is 8.50. The van der Waals surface area contributed by atoms with Crippen LogP contribution in [0.15, 0.2) is 6.20 Å². The number of hydrogen-bond acceptors (Lipinski definition) is 3. The minimum Gasteiger partial charge on any atom is -0.379 e. The van der Waals surface area contributed by atoms with Gasteiger partial charge in [0.25, 0.3) is 0 Å². The average molecular weight is 253 g/mol. The van der Waals surface area contributed by atoms with E-state index < -0.39 is 0 Å². The van der Waals surface area contributed by atoms with Gasteiger partial charge in [0.1, 0.15) is 0 Å². The second kappa shape index (κ2) is 7.54. The van der Waals surface area contributed by atoms with Crippen LogP contribution >= 0.6 is 0 Å². The van der Waals surface area contributed by atoms with E-state index in [1.807, 2.05) is 11.7 Å². The van der Waals surface area contributed by atoms with E-state index in [9.17, 15) is 0 Å². The number of nitrogens with zero attached hydrogens (tertiary/aromatic N) is 2. The number of ether oxygens (including phenoxy) is 1. The van der Waals surface area contributed by atoms with E-state index in [1.165, 1.54) is 11.3 Å². The molecule has 0 aromatic carbocycles. The molecule has 4 nitrogen and oxygen atoms in total. The highest BCUT2D eigenvalue weighted by Crippen LogP contribution is 2.16. The summed E-state index contributed by atoms with van der Waals surface area (Å²) in [6, 6.07) is 0. The summed E-state index contributed by atoms with van der Waals surface area (Å²) in [6.45, 7) is 11.2. The molecule has 0 saturated carbocycles. The number of rotatable bonds is 8. The van der Waals surface area contributed by atoms with Crippen molar-refractivity contribution in [2.75, 3.05) is 13.2 Å². The van der Waals surface area contributed by atoms with Crippen molar-refractivity contribution in [3.8, 4) is 0 Å². The van der Waals surface area contributed by atoms with Crippen LogP contribution in [-0.4, -0.2) is 29.0 Å². The van der Waals surface area contributed by atoms with Gasteiger partial charge in [-0.15, -0.1) is 0 Å². The molecule has 1 aromatic rings. The highest BCUT2D eigenvalue weighted by Gasteiger charge is 2.10. The summed E-state index contributed by atoms with van der Waals surface area (Å²) in [5, 5.41) is 7.95. The van der Waals surface area contributed by atoms with E-state index in [-0.39, 0.29) is 0 Å². The van der Waals surface area contributed by atoms with Crippen LogP contribution in [0.1, 0.15) is 51.3 Å². The predicted octanol–water partition coefficient (Wildman–Crippen LogP) is 2.45. The second-order valence-electron chi connectivity index (χ2n) is 5.32. The average Bonchev–Trinajstić information content (AvgIpc) is 2.64. The largest absolute Gasteiger partial charge is 0.379 e. The van der Waals surface area contributed by atoms with Crippen molar-refractivity contribution in [3.63, 3.8) is 0 Å². The van der Waals surface area contributed by atoms with E-state index in [4.69, 9.17) is 4.74 Å². The highest BCUT2D eigenvalue weighted by molar-refractivity contribution is 5.19. The lowest BCUT2D eigenvalue weighted by Crippen LogP contribution is -2.18. The van der Waals surface area contributed by atoms with E-state index in [0.717, 1.165) is 26.1 Å². The molecule has 0 spiro atoms. The molecule has 4 heteroatoms. The molecule has 1 N–H and O–H groups in total. The summed E-state index contributed by atoms with van der Waals surface area (Å²) in [7, 11) is 1.98. The topological polar surface area (TPSA) is 39.1 Å². The molecular formula is C14H27N3O. The lowest BCUT2D eigenvalue weighted by molar-refractivity contribution is 0.0770. The van der Waals surface area contributed by atoms with Crippen molar-refractivity contribution in [2.45, 2.75) is 52.7 Å². The number of aryl methyl sites for hydroxylation is 1. The monoisotopic (exact) mass is 253 g/mol. The fourth-order valence-electron chi connectivity index (χ4n) is 1.92. The van der Waals surface area contributed by atoms with Gasteiger partial charge in [0.2, 0.25) is 0 Å². The highest BCUT2D eigenvalue weighted by atomic mass is 16.5. The summed E-state index contributed by atoms with van der Waals surface area (Å²) < 4.78 is 7.40. The lowest BCUT2D eigenvalue weighted by Gasteiger charge is -2.09. The van der Waals surface area contributed by atoms with E-state index in [2.05, 4.69) is 44.3 Å². The molecule has 0 bridgehead atoms. The maximum absolute atomic E-state index is 5.50. The van der Waals surface area contributed by atoms with Gasteiger partial charge in [-0.3, -0.25) is 4.68 Å². The Labute approximate surface area is 111 Å². The van der Waals surface area contributed by atoms with Crippen LogP contribution in [0.25, 0.3) is 0 Å². The Balaban J connectivity index is 2.27. The summed E-state index contributed by atoms with van der Waals surface area (Å²) in [5.74, 6) is 0.479. The molecule has 0 fully saturated rings. The summed E-state index contributed by atoms with van der Waals surface area (Å²) in [6.07, 6.45) is 3.48. The molecule has 0 aliphatic heterocycles. The van der Waals surface area contributed by atoms with Gasteiger partial charge in [-0.25, -0.2) is 0 Å². The van der Waals surface area contributed by atoms with Gasteiger partial charge in [0.15, 0.2) is 0 Å². The van der Waals surface area contributed by atoms with Gasteiger partial charge in [0, 0.05) is 32.0 Å². The van der Waals surface area contributed by atoms with E-state index in [1.54, 1.807) is 0 Å². The molecule has 1 heterocycles. The molecule has 104 valence electrons. The molecule has 0 saturated heterocycles. The smallest absolute Gasteiger partial charge is 0.0694 e. The quantitative estimate of drug-likeness (QED) is 0.723. The summed E-state index contributed by atoms with van der Waals surface area (Å²) in [4.78, 5) is 0. The first-order valence-electron chi connectivity index (χ1n) is 6.85. The SMILES string of the molecule is CC(C)OCCCNCc1cn(C)nc1C(C)C. The third-order valence-electron chi connectivity index (χ3n) is 2.75. The third-order valence-corrected chi connectivity index (χ3v) is 2.75. The first-order valence-corrected chi connectivity index (χ1v) is 6.85. The Morgan fingerprint density at radius 2 is 2.06 bits per heavy atom. The molecule has 18 heavy (non-hydrogen) atoms. The van der Waals surface area contributed by atoms with Crippen LogP contribution in [0.2, 0.25) is 0 Å². The van der Waals surface area contributed by atoms with Gasteiger partial charge >= 0.3 is 0 Å². The predicted molar refractivity (Wildman–Crippen MR) is 74.7 cm³/mol. The Bertz CT molecular complexity index is 345. The van der Waals surface area contributed by atoms with Crippen molar-refractivity contribution < 1.29 is 4.74 Å². The fourth-order valence-corrected chi connectivity index (χ4v) is 1.92. The molecule has 1 aromatic heterocycles. The minimum absolute atomic E-state index is 0.330. The van der Waals surface area contributed by atoms with Crippen molar-refractivity contribution in [3.05, 3.63) is 17.5 Å². The number of hydrogen-bond donors (Lipinski definition) is 1. The second-order valence-corrected chi connectivity index (χ2v) is 5.32. The van der Waals surface area contributed by atoms with Crippen molar-refractivity contribution in [1.29, 1.82) is 0 Å². The Morgan fingerprint density at radius 3 is 2.67 bits per heavy atom. The minimum atomic E-state index is 0.330. The van der Waals surface area contributed by atoms with Gasteiger partial charge in [-0.05, 0) is 32.7 Å². The first kappa shape index (κ1) is 15.2. The van der Waals surface area contributed by atoms with Crippen LogP contribution < -0.4 is 5.32 Å². The van der Waals surface area contributed by atoms with Crippen LogP contribution in [0.4, 0.5) is 0 Å². The zero-order chi connectivity index (χ0) is 13.5. The fraction of sp³-hybridized carbons (Fsp3) is 0.786. The molecule has 0 aliphatic carbocycles. The van der Waals surface area contributed by atoms with Crippen LogP contribution in [0.3, 0.4) is 0 Å². The molecule has 0 aliphatic rings. The maximum atomic E-state index is 5.50. The van der Waals surface area contributed by atoms with Crippen molar-refractivity contribution in [1.82, 2.24) is 15.1 Å². The lowest BCUT2D eigenvalue weighted by atomic mass is 10.1. The summed E-state index contributed by atoms with van der Waals surface area (Å²) in [5.41, 5.74) is 2.50. The number of nitrogens with one attached hydrogen (secondary N) is 1. The van der Waals surface area contributed by atoms with Gasteiger partial charge in [-0.2, -0.15) is 5.10 Å². The van der Waals surface area contributed by atoms with Gasteiger partial charge in [-0.1, -0.05) is 13.8 Å². The molecule has 0 amide bonds. The molecule has 0 unspecified atom stereocenters. The van der Waals surface area contributed by atoms with Crippen LogP contribution in [0.5, 0.6) is 0 Å². The third kappa shape index (κ3) is 5.19. The molecule has 0 radical (unpaired) electrons. The van der Waals surface area contributed by atoms with Crippen LogP contribution in [-0.2, 0) is 18.3 Å². The van der Waals surface area contributed by atoms with E-state index in [0.29, 0.717) is 12.0 Å². The zero-order valence-electron chi connectivity index (χ0n) is 12.4. The molecule has 0 atom stereocenters. The Morgan fingerprint density at radius 1 is 1.33 bits per heavy atom. The number of aromatic nitrogens is 2. The molecule has 1 rings (SSSR count). The van der Waals surface area contributed by atoms with Crippen LogP contribution in [0, 0.1) is 0 Å². The Hall–Kier alpha value is -0.870. The maximum Gasteiger partial charge on any atom is 0.0694 e. The zero-order valence-corrected chi connectivity index (χ0v) is 12.4. The van der Waals surface area contributed by atoms with Gasteiger partial charge < -0.3 is 10.1 Å². The van der Waals surface area contributed by atoms with Gasteiger partial charge in [0.05, 0.1) is 11.8 Å². The normalized spacial score (nSPS) is 11.7.